The number of carbonyl (C=O) groups excluding carboxylic acids is 2. The van der Waals surface area contributed by atoms with Crippen molar-refractivity contribution in [2.24, 2.45) is 0 Å². The molecule has 2 unspecified atom stereocenters. The van der Waals surface area contributed by atoms with Crippen molar-refractivity contribution < 1.29 is 22.7 Å². The standard InChI is InChI=1S/C23H24ClNO5S/c1-16(22(26)25(2)20-12-13-31(28,29)15-20)30-23(27)21(14-17-6-4-3-5-7-17)18-8-10-19(24)11-9-18/h3-11,14,16,20H,12-13,15H2,1-2H3/b21-14-. The zero-order valence-electron chi connectivity index (χ0n) is 17.3. The molecular formula is C23H24ClNO5S. The van der Waals surface area contributed by atoms with Crippen molar-refractivity contribution in [3.63, 3.8) is 0 Å². The Balaban J connectivity index is 1.79. The number of amides is 1. The number of halogens is 1. The van der Waals surface area contributed by atoms with E-state index < -0.39 is 33.9 Å². The lowest BCUT2D eigenvalue weighted by Gasteiger charge is -2.26. The van der Waals surface area contributed by atoms with Crippen LogP contribution in [-0.4, -0.2) is 55.9 Å². The Morgan fingerprint density at radius 1 is 1.13 bits per heavy atom. The maximum atomic E-state index is 13.0. The van der Waals surface area contributed by atoms with Gasteiger partial charge in [0.2, 0.25) is 0 Å². The highest BCUT2D eigenvalue weighted by atomic mass is 35.5. The summed E-state index contributed by atoms with van der Waals surface area (Å²) in [6.45, 7) is 1.49. The van der Waals surface area contributed by atoms with Crippen LogP contribution in [0.15, 0.2) is 54.6 Å². The van der Waals surface area contributed by atoms with Crippen molar-refractivity contribution in [1.82, 2.24) is 4.90 Å². The van der Waals surface area contributed by atoms with Gasteiger partial charge < -0.3 is 9.64 Å². The number of ether oxygens (including phenoxy) is 1. The number of benzene rings is 2. The first-order valence-electron chi connectivity index (χ1n) is 9.87. The molecule has 1 aliphatic rings. The van der Waals surface area contributed by atoms with Gasteiger partial charge in [-0.2, -0.15) is 0 Å². The molecule has 0 spiro atoms. The van der Waals surface area contributed by atoms with Gasteiger partial charge in [-0.15, -0.1) is 0 Å². The lowest BCUT2D eigenvalue weighted by atomic mass is 10.0. The number of esters is 1. The molecule has 6 nitrogen and oxygen atoms in total. The van der Waals surface area contributed by atoms with Gasteiger partial charge >= 0.3 is 5.97 Å². The van der Waals surface area contributed by atoms with Crippen LogP contribution in [0.4, 0.5) is 0 Å². The normalized spacial score (nSPS) is 18.9. The second-order valence-electron chi connectivity index (χ2n) is 7.53. The second-order valence-corrected chi connectivity index (χ2v) is 10.2. The number of sulfone groups is 1. The number of rotatable bonds is 6. The van der Waals surface area contributed by atoms with Gasteiger partial charge in [0, 0.05) is 18.1 Å². The molecule has 2 atom stereocenters. The van der Waals surface area contributed by atoms with Crippen molar-refractivity contribution in [2.45, 2.75) is 25.5 Å². The molecule has 1 heterocycles. The fraction of sp³-hybridized carbons (Fsp3) is 0.304. The van der Waals surface area contributed by atoms with E-state index in [1.807, 2.05) is 30.3 Å². The highest BCUT2D eigenvalue weighted by Gasteiger charge is 2.35. The number of nitrogens with zero attached hydrogens (tertiary/aromatic N) is 1. The topological polar surface area (TPSA) is 80.8 Å². The Morgan fingerprint density at radius 3 is 2.35 bits per heavy atom. The van der Waals surface area contributed by atoms with E-state index in [9.17, 15) is 18.0 Å². The Labute approximate surface area is 187 Å². The van der Waals surface area contributed by atoms with Crippen LogP contribution in [0.3, 0.4) is 0 Å². The fourth-order valence-electron chi connectivity index (χ4n) is 3.43. The summed E-state index contributed by atoms with van der Waals surface area (Å²) in [7, 11) is -1.59. The minimum absolute atomic E-state index is 0.0595. The van der Waals surface area contributed by atoms with E-state index in [-0.39, 0.29) is 17.1 Å². The molecule has 1 saturated heterocycles. The minimum Gasteiger partial charge on any atom is -0.449 e. The Morgan fingerprint density at radius 2 is 1.77 bits per heavy atom. The Kier molecular flexibility index (Phi) is 7.18. The van der Waals surface area contributed by atoms with Gasteiger partial charge in [0.25, 0.3) is 5.91 Å². The zero-order chi connectivity index (χ0) is 22.6. The summed E-state index contributed by atoms with van der Waals surface area (Å²) >= 11 is 5.97. The molecule has 0 N–H and O–H groups in total. The van der Waals surface area contributed by atoms with Crippen molar-refractivity contribution in [3.8, 4) is 0 Å². The van der Waals surface area contributed by atoms with Crippen molar-refractivity contribution in [2.75, 3.05) is 18.6 Å². The summed E-state index contributed by atoms with van der Waals surface area (Å²) in [6.07, 6.45) is 1.01. The molecule has 164 valence electrons. The molecule has 1 aliphatic heterocycles. The molecule has 31 heavy (non-hydrogen) atoms. The van der Waals surface area contributed by atoms with Crippen molar-refractivity contribution >= 4 is 45.0 Å². The molecule has 0 aromatic heterocycles. The molecule has 0 saturated carbocycles. The lowest BCUT2D eigenvalue weighted by Crippen LogP contribution is -2.44. The minimum atomic E-state index is -3.13. The molecule has 0 bridgehead atoms. The van der Waals surface area contributed by atoms with Gasteiger partial charge in [0.05, 0.1) is 17.1 Å². The third kappa shape index (κ3) is 5.95. The van der Waals surface area contributed by atoms with Gasteiger partial charge in [-0.1, -0.05) is 54.1 Å². The maximum absolute atomic E-state index is 13.0. The predicted molar refractivity (Wildman–Crippen MR) is 121 cm³/mol. The first-order valence-corrected chi connectivity index (χ1v) is 12.1. The van der Waals surface area contributed by atoms with E-state index in [1.165, 1.54) is 18.9 Å². The van der Waals surface area contributed by atoms with Gasteiger partial charge in [0.15, 0.2) is 15.9 Å². The summed E-state index contributed by atoms with van der Waals surface area (Å²) in [5.41, 5.74) is 1.69. The summed E-state index contributed by atoms with van der Waals surface area (Å²) < 4.78 is 28.9. The number of carbonyl (C=O) groups is 2. The fourth-order valence-corrected chi connectivity index (χ4v) is 5.33. The van der Waals surface area contributed by atoms with Crippen molar-refractivity contribution in [3.05, 3.63) is 70.7 Å². The van der Waals surface area contributed by atoms with E-state index in [0.29, 0.717) is 17.0 Å². The van der Waals surface area contributed by atoms with Crippen LogP contribution in [0.2, 0.25) is 5.02 Å². The highest BCUT2D eigenvalue weighted by molar-refractivity contribution is 7.91. The summed E-state index contributed by atoms with van der Waals surface area (Å²) in [5, 5.41) is 0.535. The van der Waals surface area contributed by atoms with E-state index >= 15 is 0 Å². The van der Waals surface area contributed by atoms with Crippen LogP contribution < -0.4 is 0 Å². The molecule has 2 aromatic rings. The van der Waals surface area contributed by atoms with E-state index in [0.717, 1.165) is 5.56 Å². The lowest BCUT2D eigenvalue weighted by molar-refractivity contribution is -0.154. The average molecular weight is 462 g/mol. The Bertz CT molecular complexity index is 1080. The first kappa shape index (κ1) is 23.0. The zero-order valence-corrected chi connectivity index (χ0v) is 18.9. The monoisotopic (exact) mass is 461 g/mol. The average Bonchev–Trinajstić information content (AvgIpc) is 3.12. The van der Waals surface area contributed by atoms with Gasteiger partial charge in [-0.3, -0.25) is 4.79 Å². The van der Waals surface area contributed by atoms with E-state index in [2.05, 4.69) is 0 Å². The summed E-state index contributed by atoms with van der Waals surface area (Å²) in [5.74, 6) is -1.10. The van der Waals surface area contributed by atoms with E-state index in [1.54, 1.807) is 30.3 Å². The quantitative estimate of drug-likeness (QED) is 0.374. The van der Waals surface area contributed by atoms with Crippen LogP contribution in [0.25, 0.3) is 11.6 Å². The van der Waals surface area contributed by atoms with Crippen LogP contribution in [0.1, 0.15) is 24.5 Å². The SMILES string of the molecule is CC(OC(=O)/C(=C\c1ccccc1)c1ccc(Cl)cc1)C(=O)N(C)C1CCS(=O)(=O)C1. The summed E-state index contributed by atoms with van der Waals surface area (Å²) in [4.78, 5) is 27.1. The molecule has 0 aliphatic carbocycles. The predicted octanol–water partition coefficient (Wildman–Crippen LogP) is 3.46. The molecule has 0 radical (unpaired) electrons. The second kappa shape index (κ2) is 9.66. The van der Waals surface area contributed by atoms with Gasteiger partial charge in [-0.25, -0.2) is 13.2 Å². The number of likely N-dealkylation sites (N-methyl/N-ethyl adjacent to an activating group) is 1. The molecule has 2 aromatic carbocycles. The molecule has 1 fully saturated rings. The van der Waals surface area contributed by atoms with Gasteiger partial charge in [0.1, 0.15) is 0 Å². The number of hydrogen-bond donors (Lipinski definition) is 0. The highest BCUT2D eigenvalue weighted by Crippen LogP contribution is 2.23. The van der Waals surface area contributed by atoms with E-state index in [4.69, 9.17) is 16.3 Å². The smallest absolute Gasteiger partial charge is 0.339 e. The largest absolute Gasteiger partial charge is 0.449 e. The first-order chi connectivity index (χ1) is 14.7. The van der Waals surface area contributed by atoms with Crippen LogP contribution >= 0.6 is 11.6 Å². The van der Waals surface area contributed by atoms with Crippen LogP contribution in [0, 0.1) is 0 Å². The molecule has 1 amide bonds. The third-order valence-electron chi connectivity index (χ3n) is 5.22. The molecule has 8 heteroatoms. The maximum Gasteiger partial charge on any atom is 0.339 e. The van der Waals surface area contributed by atoms with Crippen molar-refractivity contribution in [1.29, 1.82) is 0 Å². The number of hydrogen-bond acceptors (Lipinski definition) is 5. The third-order valence-corrected chi connectivity index (χ3v) is 7.22. The summed E-state index contributed by atoms with van der Waals surface area (Å²) in [6, 6.07) is 15.6. The molecular weight excluding hydrogens is 438 g/mol. The molecule has 3 rings (SSSR count). The van der Waals surface area contributed by atoms with Gasteiger partial charge in [-0.05, 0) is 42.7 Å². The Hall–Kier alpha value is -2.64. The van der Waals surface area contributed by atoms with Crippen LogP contribution in [0.5, 0.6) is 0 Å². The van der Waals surface area contributed by atoms with Crippen LogP contribution in [-0.2, 0) is 24.2 Å².